The molecule has 62 heavy (non-hydrogen) atoms. The third kappa shape index (κ3) is 6.04. The molecule has 0 amide bonds. The molecule has 0 saturated heterocycles. The van der Waals surface area contributed by atoms with Gasteiger partial charge in [-0.25, -0.2) is 0 Å². The van der Waals surface area contributed by atoms with Crippen molar-refractivity contribution in [1.82, 2.24) is 4.57 Å². The van der Waals surface area contributed by atoms with Gasteiger partial charge < -0.3 is 9.47 Å². The fourth-order valence-corrected chi connectivity index (χ4v) is 9.63. The van der Waals surface area contributed by atoms with Crippen molar-refractivity contribution < 1.29 is 0 Å². The number of para-hydroxylation sites is 2. The molecule has 0 aliphatic heterocycles. The van der Waals surface area contributed by atoms with E-state index in [4.69, 9.17) is 0 Å². The number of rotatable bonds is 7. The van der Waals surface area contributed by atoms with Crippen LogP contribution in [0.4, 0.5) is 17.1 Å². The molecule has 0 radical (unpaired) electrons. The average molecular weight is 789 g/mol. The zero-order valence-electron chi connectivity index (χ0n) is 34.0. The van der Waals surface area contributed by atoms with E-state index in [0.29, 0.717) is 0 Å². The Balaban J connectivity index is 1.04. The van der Waals surface area contributed by atoms with E-state index in [1.165, 1.54) is 87.5 Å². The normalized spacial score (nSPS) is 11.5. The van der Waals surface area contributed by atoms with Gasteiger partial charge in [0.1, 0.15) is 0 Å². The van der Waals surface area contributed by atoms with Gasteiger partial charge in [-0.3, -0.25) is 0 Å². The highest BCUT2D eigenvalue weighted by atomic mass is 15.1. The lowest BCUT2D eigenvalue weighted by atomic mass is 9.92. The Morgan fingerprint density at radius 1 is 0.290 bits per heavy atom. The van der Waals surface area contributed by atoms with Gasteiger partial charge in [0.2, 0.25) is 0 Å². The minimum Gasteiger partial charge on any atom is -0.310 e. The molecule has 0 N–H and O–H groups in total. The van der Waals surface area contributed by atoms with E-state index in [0.717, 1.165) is 22.7 Å². The second-order valence-corrected chi connectivity index (χ2v) is 16.1. The summed E-state index contributed by atoms with van der Waals surface area (Å²) in [5.41, 5.74) is 14.0. The molecule has 290 valence electrons. The van der Waals surface area contributed by atoms with Crippen LogP contribution >= 0.6 is 0 Å². The predicted octanol–water partition coefficient (Wildman–Crippen LogP) is 16.7. The summed E-state index contributed by atoms with van der Waals surface area (Å²) < 4.78 is 2.42. The first-order valence-corrected chi connectivity index (χ1v) is 21.3. The lowest BCUT2D eigenvalue weighted by Crippen LogP contribution is -2.10. The van der Waals surface area contributed by atoms with Crippen molar-refractivity contribution in [3.8, 4) is 39.1 Å². The van der Waals surface area contributed by atoms with Gasteiger partial charge in [0.15, 0.2) is 0 Å². The van der Waals surface area contributed by atoms with Crippen LogP contribution in [0.15, 0.2) is 243 Å². The zero-order chi connectivity index (χ0) is 41.0. The third-order valence-electron chi connectivity index (χ3n) is 12.5. The van der Waals surface area contributed by atoms with Crippen LogP contribution in [0.1, 0.15) is 0 Å². The fraction of sp³-hybridized carbons (Fsp3) is 0. The number of anilines is 3. The molecule has 0 unspecified atom stereocenters. The van der Waals surface area contributed by atoms with Crippen LogP contribution in [0.25, 0.3) is 93.2 Å². The van der Waals surface area contributed by atoms with Gasteiger partial charge in [0.25, 0.3) is 0 Å². The Bertz CT molecular complexity index is 3610. The maximum atomic E-state index is 2.42. The summed E-state index contributed by atoms with van der Waals surface area (Å²) in [6, 6.07) is 88.5. The summed E-state index contributed by atoms with van der Waals surface area (Å²) in [7, 11) is 0. The van der Waals surface area contributed by atoms with Crippen LogP contribution in [0, 0.1) is 0 Å². The molecule has 0 aliphatic rings. The molecular formula is C60H40N2. The molecule has 0 atom stereocenters. The lowest BCUT2D eigenvalue weighted by molar-refractivity contribution is 1.18. The van der Waals surface area contributed by atoms with Crippen molar-refractivity contribution in [2.24, 2.45) is 0 Å². The molecule has 0 fully saturated rings. The molecular weight excluding hydrogens is 749 g/mol. The zero-order valence-corrected chi connectivity index (χ0v) is 34.0. The van der Waals surface area contributed by atoms with Crippen molar-refractivity contribution in [2.45, 2.75) is 0 Å². The Hall–Kier alpha value is -8.20. The molecule has 0 saturated carbocycles. The minimum atomic E-state index is 1.09. The van der Waals surface area contributed by atoms with Crippen LogP contribution in [0.3, 0.4) is 0 Å². The number of hydrogen-bond donors (Lipinski definition) is 0. The van der Waals surface area contributed by atoms with Crippen molar-refractivity contribution >= 4 is 71.2 Å². The first kappa shape index (κ1) is 35.7. The summed E-state index contributed by atoms with van der Waals surface area (Å²) in [6.45, 7) is 0. The molecule has 2 heteroatoms. The number of hydrogen-bond acceptors (Lipinski definition) is 1. The van der Waals surface area contributed by atoms with Crippen molar-refractivity contribution in [3.05, 3.63) is 243 Å². The van der Waals surface area contributed by atoms with Gasteiger partial charge in [-0.05, 0) is 132 Å². The summed E-state index contributed by atoms with van der Waals surface area (Å²) in [6.07, 6.45) is 0. The average Bonchev–Trinajstić information content (AvgIpc) is 3.67. The maximum absolute atomic E-state index is 2.42. The maximum Gasteiger partial charge on any atom is 0.0553 e. The number of fused-ring (bicyclic) bond motifs is 6. The number of benzene rings is 11. The molecule has 1 aromatic heterocycles. The highest BCUT2D eigenvalue weighted by Crippen LogP contribution is 2.45. The summed E-state index contributed by atoms with van der Waals surface area (Å²) >= 11 is 0. The first-order chi connectivity index (χ1) is 30.7. The first-order valence-electron chi connectivity index (χ1n) is 21.3. The molecule has 11 aromatic carbocycles. The Kier molecular flexibility index (Phi) is 8.53. The van der Waals surface area contributed by atoms with Crippen molar-refractivity contribution in [3.63, 3.8) is 0 Å². The Morgan fingerprint density at radius 3 is 1.68 bits per heavy atom. The van der Waals surface area contributed by atoms with Crippen molar-refractivity contribution in [1.29, 1.82) is 0 Å². The molecule has 2 nitrogen and oxygen atoms in total. The molecule has 0 spiro atoms. The molecule has 1 heterocycles. The van der Waals surface area contributed by atoms with Gasteiger partial charge in [0, 0.05) is 33.5 Å². The van der Waals surface area contributed by atoms with Gasteiger partial charge in [-0.2, -0.15) is 0 Å². The SMILES string of the molecule is c1ccc(-n2c3ccccc3c3c(-c4cccc(N(c5ccc(-c6ccc7ccccc7c6)cc5)c5ccc(-c6cccc7ccccc67)cc5)c4)c4ccccc4cc32)cc1. The predicted molar refractivity (Wildman–Crippen MR) is 264 cm³/mol. The van der Waals surface area contributed by atoms with Crippen LogP contribution in [-0.2, 0) is 0 Å². The Morgan fingerprint density at radius 2 is 0.887 bits per heavy atom. The van der Waals surface area contributed by atoms with Gasteiger partial charge in [-0.1, -0.05) is 176 Å². The van der Waals surface area contributed by atoms with E-state index in [1.807, 2.05) is 0 Å². The van der Waals surface area contributed by atoms with Gasteiger partial charge in [-0.15, -0.1) is 0 Å². The van der Waals surface area contributed by atoms with E-state index in [-0.39, 0.29) is 0 Å². The quantitative estimate of drug-likeness (QED) is 0.156. The highest BCUT2D eigenvalue weighted by Gasteiger charge is 2.21. The molecule has 0 aliphatic carbocycles. The number of nitrogens with zero attached hydrogens (tertiary/aromatic N) is 2. The topological polar surface area (TPSA) is 8.17 Å². The minimum absolute atomic E-state index is 1.09. The largest absolute Gasteiger partial charge is 0.310 e. The van der Waals surface area contributed by atoms with E-state index in [9.17, 15) is 0 Å². The van der Waals surface area contributed by atoms with E-state index in [1.54, 1.807) is 0 Å². The second kappa shape index (κ2) is 14.8. The molecule has 12 aromatic rings. The van der Waals surface area contributed by atoms with Crippen LogP contribution in [0.5, 0.6) is 0 Å². The van der Waals surface area contributed by atoms with Crippen LogP contribution < -0.4 is 4.90 Å². The van der Waals surface area contributed by atoms with Gasteiger partial charge >= 0.3 is 0 Å². The van der Waals surface area contributed by atoms with Crippen LogP contribution in [0.2, 0.25) is 0 Å². The van der Waals surface area contributed by atoms with Gasteiger partial charge in [0.05, 0.1) is 11.0 Å². The third-order valence-corrected chi connectivity index (χ3v) is 12.5. The lowest BCUT2D eigenvalue weighted by Gasteiger charge is -2.27. The summed E-state index contributed by atoms with van der Waals surface area (Å²) in [4.78, 5) is 2.40. The second-order valence-electron chi connectivity index (χ2n) is 16.1. The fourth-order valence-electron chi connectivity index (χ4n) is 9.63. The summed E-state index contributed by atoms with van der Waals surface area (Å²) in [5, 5.41) is 9.94. The smallest absolute Gasteiger partial charge is 0.0553 e. The number of aromatic nitrogens is 1. The van der Waals surface area contributed by atoms with E-state index in [2.05, 4.69) is 252 Å². The standard InChI is InChI=1S/C60H40N2/c1-2-20-49(21-3-1)62-57-27-11-10-25-56(57)60-58(62)40-47-17-7-9-24-55(47)59(60)48-19-12-22-52(39-48)61(50-34-30-42(31-35-50)46-29-28-41-14-4-5-16-45(41)38-46)51-36-32-44(33-37-51)54-26-13-18-43-15-6-8-23-53(43)54/h1-40H. The molecule has 0 bridgehead atoms. The molecule has 12 rings (SSSR count). The van der Waals surface area contributed by atoms with E-state index >= 15 is 0 Å². The summed E-state index contributed by atoms with van der Waals surface area (Å²) in [5.74, 6) is 0. The monoisotopic (exact) mass is 788 g/mol. The van der Waals surface area contributed by atoms with Crippen molar-refractivity contribution in [2.75, 3.05) is 4.90 Å². The van der Waals surface area contributed by atoms with E-state index < -0.39 is 0 Å². The highest BCUT2D eigenvalue weighted by molar-refractivity contribution is 6.23. The van der Waals surface area contributed by atoms with Crippen LogP contribution in [-0.4, -0.2) is 4.57 Å². The Labute approximate surface area is 360 Å².